The Balaban J connectivity index is 2.06. The van der Waals surface area contributed by atoms with E-state index in [-0.39, 0.29) is 6.04 Å². The fraction of sp³-hybridized carbons (Fsp3) is 1.00. The van der Waals surface area contributed by atoms with E-state index in [0.29, 0.717) is 6.61 Å². The number of methoxy groups -OCH3 is 1. The maximum atomic E-state index is 5.85. The molecule has 1 aliphatic rings. The van der Waals surface area contributed by atoms with Gasteiger partial charge in [0.05, 0.1) is 6.61 Å². The second-order valence-electron chi connectivity index (χ2n) is 4.41. The van der Waals surface area contributed by atoms with Crippen LogP contribution >= 0.6 is 0 Å². The molecule has 1 rings (SSSR count). The average Bonchev–Trinajstić information content (AvgIpc) is 2.65. The van der Waals surface area contributed by atoms with Gasteiger partial charge in [0.25, 0.3) is 0 Å². The third-order valence-corrected chi connectivity index (χ3v) is 2.75. The van der Waals surface area contributed by atoms with Crippen LogP contribution in [0.15, 0.2) is 0 Å². The van der Waals surface area contributed by atoms with Gasteiger partial charge in [-0.05, 0) is 25.3 Å². The van der Waals surface area contributed by atoms with Gasteiger partial charge in [-0.2, -0.15) is 0 Å². The molecule has 0 aromatic heterocycles. The molecule has 3 atom stereocenters. The van der Waals surface area contributed by atoms with E-state index in [4.69, 9.17) is 10.5 Å². The van der Waals surface area contributed by atoms with Crippen LogP contribution in [0.2, 0.25) is 0 Å². The van der Waals surface area contributed by atoms with Crippen molar-refractivity contribution in [2.75, 3.05) is 33.9 Å². The second-order valence-corrected chi connectivity index (χ2v) is 4.41. The van der Waals surface area contributed by atoms with E-state index in [9.17, 15) is 0 Å². The summed E-state index contributed by atoms with van der Waals surface area (Å²) in [7, 11) is 3.84. The van der Waals surface area contributed by atoms with E-state index < -0.39 is 0 Å². The molecule has 0 spiro atoms. The van der Waals surface area contributed by atoms with Crippen LogP contribution in [0.25, 0.3) is 0 Å². The van der Waals surface area contributed by atoms with Crippen LogP contribution in [0, 0.1) is 11.8 Å². The molecule has 0 saturated heterocycles. The van der Waals surface area contributed by atoms with Gasteiger partial charge in [-0.1, -0.05) is 6.92 Å². The minimum Gasteiger partial charge on any atom is -0.383 e. The minimum atomic E-state index is 0.157. The fourth-order valence-electron chi connectivity index (χ4n) is 1.80. The van der Waals surface area contributed by atoms with Gasteiger partial charge in [-0.15, -0.1) is 0 Å². The molecule has 3 heteroatoms. The molecule has 0 bridgehead atoms. The molecule has 0 amide bonds. The highest BCUT2D eigenvalue weighted by molar-refractivity contribution is 4.85. The summed E-state index contributed by atoms with van der Waals surface area (Å²) in [5.74, 6) is 1.85. The smallest absolute Gasteiger partial charge is 0.0626 e. The quantitative estimate of drug-likeness (QED) is 0.658. The summed E-state index contributed by atoms with van der Waals surface area (Å²) in [5, 5.41) is 0. The van der Waals surface area contributed by atoms with Crippen LogP contribution in [-0.2, 0) is 4.74 Å². The molecule has 3 unspecified atom stereocenters. The van der Waals surface area contributed by atoms with Gasteiger partial charge in [0.15, 0.2) is 0 Å². The first-order chi connectivity index (χ1) is 6.13. The minimum absolute atomic E-state index is 0.157. The van der Waals surface area contributed by atoms with E-state index in [1.807, 2.05) is 0 Å². The first kappa shape index (κ1) is 11.0. The Morgan fingerprint density at radius 1 is 1.62 bits per heavy atom. The standard InChI is InChI=1S/C10H22N2O/c1-8-4-9(8)5-12(2)6-10(11)7-13-3/h8-10H,4-7,11H2,1-3H3. The topological polar surface area (TPSA) is 38.5 Å². The zero-order valence-electron chi connectivity index (χ0n) is 8.99. The molecule has 3 nitrogen and oxygen atoms in total. The maximum Gasteiger partial charge on any atom is 0.0626 e. The van der Waals surface area contributed by atoms with Crippen molar-refractivity contribution in [3.63, 3.8) is 0 Å². The zero-order chi connectivity index (χ0) is 9.84. The molecule has 1 saturated carbocycles. The summed E-state index contributed by atoms with van der Waals surface area (Å²) >= 11 is 0. The summed E-state index contributed by atoms with van der Waals surface area (Å²) in [6, 6.07) is 0.157. The van der Waals surface area contributed by atoms with Crippen molar-refractivity contribution >= 4 is 0 Å². The molecule has 1 fully saturated rings. The highest BCUT2D eigenvalue weighted by Gasteiger charge is 2.33. The monoisotopic (exact) mass is 186 g/mol. The second kappa shape index (κ2) is 4.94. The maximum absolute atomic E-state index is 5.85. The first-order valence-electron chi connectivity index (χ1n) is 5.06. The van der Waals surface area contributed by atoms with Gasteiger partial charge < -0.3 is 15.4 Å². The highest BCUT2D eigenvalue weighted by atomic mass is 16.5. The molecule has 0 aliphatic heterocycles. The summed E-state index contributed by atoms with van der Waals surface area (Å²) in [6.45, 7) is 5.10. The fourth-order valence-corrected chi connectivity index (χ4v) is 1.80. The van der Waals surface area contributed by atoms with E-state index in [1.165, 1.54) is 13.0 Å². The van der Waals surface area contributed by atoms with E-state index in [2.05, 4.69) is 18.9 Å². The van der Waals surface area contributed by atoms with Crippen molar-refractivity contribution in [3.8, 4) is 0 Å². The van der Waals surface area contributed by atoms with Crippen LogP contribution in [0.4, 0.5) is 0 Å². The Labute approximate surface area is 81.2 Å². The number of likely N-dealkylation sites (N-methyl/N-ethyl adjacent to an activating group) is 1. The molecule has 0 aromatic carbocycles. The average molecular weight is 186 g/mol. The largest absolute Gasteiger partial charge is 0.383 e. The summed E-state index contributed by atoms with van der Waals surface area (Å²) in [5.41, 5.74) is 5.85. The molecule has 0 heterocycles. The Kier molecular flexibility index (Phi) is 4.16. The number of nitrogens with two attached hydrogens (primary N) is 1. The Bertz CT molecular complexity index is 152. The highest BCUT2D eigenvalue weighted by Crippen LogP contribution is 2.37. The van der Waals surface area contributed by atoms with Crippen LogP contribution < -0.4 is 5.73 Å². The van der Waals surface area contributed by atoms with Gasteiger partial charge in [0.1, 0.15) is 0 Å². The van der Waals surface area contributed by atoms with Crippen molar-refractivity contribution < 1.29 is 4.74 Å². The van der Waals surface area contributed by atoms with Crippen molar-refractivity contribution in [2.45, 2.75) is 19.4 Å². The summed E-state index contributed by atoms with van der Waals surface area (Å²) in [6.07, 6.45) is 1.39. The number of rotatable bonds is 6. The van der Waals surface area contributed by atoms with Crippen molar-refractivity contribution in [3.05, 3.63) is 0 Å². The van der Waals surface area contributed by atoms with Crippen LogP contribution in [0.5, 0.6) is 0 Å². The van der Waals surface area contributed by atoms with E-state index in [0.717, 1.165) is 18.4 Å². The van der Waals surface area contributed by atoms with Gasteiger partial charge in [0.2, 0.25) is 0 Å². The SMILES string of the molecule is COCC(N)CN(C)CC1CC1C. The van der Waals surface area contributed by atoms with Gasteiger partial charge in [-0.25, -0.2) is 0 Å². The predicted octanol–water partition coefficient (Wildman–Crippen LogP) is 0.548. The lowest BCUT2D eigenvalue weighted by Gasteiger charge is -2.20. The number of hydrogen-bond donors (Lipinski definition) is 1. The third-order valence-electron chi connectivity index (χ3n) is 2.75. The molecular formula is C10H22N2O. The van der Waals surface area contributed by atoms with Crippen LogP contribution in [0.3, 0.4) is 0 Å². The molecule has 78 valence electrons. The van der Waals surface area contributed by atoms with Crippen LogP contribution in [-0.4, -0.2) is 44.8 Å². The molecular weight excluding hydrogens is 164 g/mol. The predicted molar refractivity (Wildman–Crippen MR) is 54.6 cm³/mol. The van der Waals surface area contributed by atoms with Crippen LogP contribution in [0.1, 0.15) is 13.3 Å². The molecule has 0 aromatic rings. The van der Waals surface area contributed by atoms with E-state index >= 15 is 0 Å². The van der Waals surface area contributed by atoms with Crippen molar-refractivity contribution in [2.24, 2.45) is 17.6 Å². The molecule has 13 heavy (non-hydrogen) atoms. The lowest BCUT2D eigenvalue weighted by molar-refractivity contribution is 0.159. The molecule has 1 aliphatic carbocycles. The molecule has 0 radical (unpaired) electrons. The summed E-state index contributed by atoms with van der Waals surface area (Å²) < 4.78 is 4.99. The number of ether oxygens (including phenoxy) is 1. The molecule has 2 N–H and O–H groups in total. The zero-order valence-corrected chi connectivity index (χ0v) is 8.99. The van der Waals surface area contributed by atoms with Gasteiger partial charge >= 0.3 is 0 Å². The van der Waals surface area contributed by atoms with Crippen molar-refractivity contribution in [1.82, 2.24) is 4.90 Å². The lowest BCUT2D eigenvalue weighted by Crippen LogP contribution is -2.39. The summed E-state index contributed by atoms with van der Waals surface area (Å²) in [4.78, 5) is 2.32. The number of nitrogens with zero attached hydrogens (tertiary/aromatic N) is 1. The van der Waals surface area contributed by atoms with Crippen molar-refractivity contribution in [1.29, 1.82) is 0 Å². The van der Waals surface area contributed by atoms with Gasteiger partial charge in [0, 0.05) is 26.2 Å². The van der Waals surface area contributed by atoms with E-state index in [1.54, 1.807) is 7.11 Å². The first-order valence-corrected chi connectivity index (χ1v) is 5.06. The van der Waals surface area contributed by atoms with Gasteiger partial charge in [-0.3, -0.25) is 0 Å². The number of hydrogen-bond acceptors (Lipinski definition) is 3. The Morgan fingerprint density at radius 3 is 2.69 bits per heavy atom. The third kappa shape index (κ3) is 4.07. The lowest BCUT2D eigenvalue weighted by atomic mass is 10.2. The normalized spacial score (nSPS) is 29.3. The Morgan fingerprint density at radius 2 is 2.23 bits per heavy atom. The Hall–Kier alpha value is -0.120.